The van der Waals surface area contributed by atoms with Crippen LogP contribution in [0.25, 0.3) is 0 Å². The van der Waals surface area contributed by atoms with Crippen molar-refractivity contribution < 1.29 is 18.0 Å². The van der Waals surface area contributed by atoms with Crippen LogP contribution in [0.3, 0.4) is 0 Å². The molecule has 0 aliphatic carbocycles. The zero-order valence-electron chi connectivity index (χ0n) is 13.9. The summed E-state index contributed by atoms with van der Waals surface area (Å²) in [4.78, 5) is 12.0. The van der Waals surface area contributed by atoms with Crippen LogP contribution in [0.5, 0.6) is 0 Å². The minimum atomic E-state index is -4.61. The van der Waals surface area contributed by atoms with Crippen LogP contribution in [0.4, 0.5) is 24.0 Å². The van der Waals surface area contributed by atoms with Gasteiger partial charge in [0.25, 0.3) is 0 Å². The summed E-state index contributed by atoms with van der Waals surface area (Å²) in [5.74, 6) is -0.277. The van der Waals surface area contributed by atoms with E-state index in [0.717, 1.165) is 24.4 Å². The first-order chi connectivity index (χ1) is 12.2. The minimum Gasteiger partial charge on any atom is -0.360 e. The van der Waals surface area contributed by atoms with E-state index in [9.17, 15) is 18.0 Å². The number of benzene rings is 1. The van der Waals surface area contributed by atoms with Gasteiger partial charge in [-0.25, -0.2) is 0 Å². The van der Waals surface area contributed by atoms with Crippen LogP contribution in [-0.2, 0) is 11.0 Å². The number of carbonyl (C=O) groups excluding carboxylic acids is 1. The third-order valence-corrected chi connectivity index (χ3v) is 5.31. The molecule has 0 aliphatic heterocycles. The molecule has 1 aromatic heterocycles. The van der Waals surface area contributed by atoms with Crippen molar-refractivity contribution in [1.29, 1.82) is 0 Å². The number of halogens is 4. The molecule has 0 atom stereocenters. The Morgan fingerprint density at radius 1 is 1.35 bits per heavy atom. The van der Waals surface area contributed by atoms with E-state index in [2.05, 4.69) is 34.7 Å². The van der Waals surface area contributed by atoms with Gasteiger partial charge in [0.2, 0.25) is 11.0 Å². The zero-order valence-corrected chi connectivity index (χ0v) is 16.2. The number of hydrogen-bond acceptors (Lipinski definition) is 6. The van der Waals surface area contributed by atoms with Crippen molar-refractivity contribution in [1.82, 2.24) is 10.2 Å². The highest BCUT2D eigenvalue weighted by atomic mass is 35.5. The third kappa shape index (κ3) is 6.03. The van der Waals surface area contributed by atoms with Crippen LogP contribution in [0.2, 0.25) is 5.02 Å². The minimum absolute atomic E-state index is 0.110. The monoisotopic (exact) mass is 424 g/mol. The van der Waals surface area contributed by atoms with Gasteiger partial charge in [0, 0.05) is 6.54 Å². The molecule has 11 heteroatoms. The SMILES string of the molecule is CC(C)CNc1nnc(SCC(=O)Nc2c(Cl)cccc2C(F)(F)F)s1. The average molecular weight is 425 g/mol. The molecule has 0 bridgehead atoms. The molecular weight excluding hydrogens is 409 g/mol. The molecule has 5 nitrogen and oxygen atoms in total. The molecule has 0 saturated heterocycles. The number of carbonyl (C=O) groups is 1. The second kappa shape index (κ2) is 8.92. The molecule has 2 rings (SSSR count). The zero-order chi connectivity index (χ0) is 19.3. The summed E-state index contributed by atoms with van der Waals surface area (Å²) in [6.45, 7) is 4.85. The summed E-state index contributed by atoms with van der Waals surface area (Å²) < 4.78 is 39.6. The molecule has 0 unspecified atom stereocenters. The summed E-state index contributed by atoms with van der Waals surface area (Å²) in [5.41, 5.74) is -1.43. The standard InChI is InChI=1S/C15H16ClF3N4OS2/c1-8(2)6-20-13-22-23-14(26-13)25-7-11(24)21-12-9(15(17,18)19)4-3-5-10(12)16/h3-5,8H,6-7H2,1-2H3,(H,20,22)(H,21,24). The first kappa shape index (κ1) is 20.8. The first-order valence-electron chi connectivity index (χ1n) is 7.52. The smallest absolute Gasteiger partial charge is 0.360 e. The molecule has 142 valence electrons. The van der Waals surface area contributed by atoms with E-state index in [-0.39, 0.29) is 10.8 Å². The van der Waals surface area contributed by atoms with Gasteiger partial charge in [0.05, 0.1) is 22.0 Å². The number of anilines is 2. The maximum absolute atomic E-state index is 13.0. The largest absolute Gasteiger partial charge is 0.418 e. The first-order valence-corrected chi connectivity index (χ1v) is 9.70. The molecule has 2 aromatic rings. The van der Waals surface area contributed by atoms with E-state index < -0.39 is 23.3 Å². The fraction of sp³-hybridized carbons (Fsp3) is 0.400. The van der Waals surface area contributed by atoms with Crippen LogP contribution < -0.4 is 10.6 Å². The average Bonchev–Trinajstić information content (AvgIpc) is 3.00. The van der Waals surface area contributed by atoms with Gasteiger partial charge in [-0.05, 0) is 18.1 Å². The van der Waals surface area contributed by atoms with Crippen molar-refractivity contribution in [3.63, 3.8) is 0 Å². The van der Waals surface area contributed by atoms with Crippen LogP contribution in [0.15, 0.2) is 22.5 Å². The predicted octanol–water partition coefficient (Wildman–Crippen LogP) is 5.01. The van der Waals surface area contributed by atoms with Crippen LogP contribution in [0.1, 0.15) is 19.4 Å². The summed E-state index contributed by atoms with van der Waals surface area (Å²) in [5, 5.41) is 13.7. The fourth-order valence-electron chi connectivity index (χ4n) is 1.82. The van der Waals surface area contributed by atoms with Gasteiger partial charge >= 0.3 is 6.18 Å². The molecular formula is C15H16ClF3N4OS2. The highest BCUT2D eigenvalue weighted by molar-refractivity contribution is 8.01. The summed E-state index contributed by atoms with van der Waals surface area (Å²) >= 11 is 8.18. The van der Waals surface area contributed by atoms with Gasteiger partial charge in [-0.2, -0.15) is 13.2 Å². The lowest BCUT2D eigenvalue weighted by molar-refractivity contribution is -0.137. The number of nitrogens with one attached hydrogen (secondary N) is 2. The van der Waals surface area contributed by atoms with Crippen molar-refractivity contribution in [2.24, 2.45) is 5.92 Å². The molecule has 0 aliphatic rings. The van der Waals surface area contributed by atoms with Crippen LogP contribution in [-0.4, -0.2) is 28.4 Å². The number of nitrogens with zero attached hydrogens (tertiary/aromatic N) is 2. The number of hydrogen-bond donors (Lipinski definition) is 2. The van der Waals surface area contributed by atoms with Gasteiger partial charge in [-0.3, -0.25) is 4.79 Å². The highest BCUT2D eigenvalue weighted by Gasteiger charge is 2.34. The molecule has 1 aromatic carbocycles. The third-order valence-electron chi connectivity index (χ3n) is 2.98. The number of aromatic nitrogens is 2. The Bertz CT molecular complexity index is 768. The number of rotatable bonds is 7. The Labute approximate surface area is 161 Å². The van der Waals surface area contributed by atoms with Gasteiger partial charge in [0.15, 0.2) is 4.34 Å². The Balaban J connectivity index is 1.96. The number of amides is 1. The van der Waals surface area contributed by atoms with Gasteiger partial charge in [-0.1, -0.05) is 54.6 Å². The normalized spacial score (nSPS) is 11.7. The Morgan fingerprint density at radius 3 is 2.73 bits per heavy atom. The Morgan fingerprint density at radius 2 is 2.08 bits per heavy atom. The lowest BCUT2D eigenvalue weighted by Gasteiger charge is -2.14. The number of thioether (sulfide) groups is 1. The highest BCUT2D eigenvalue weighted by Crippen LogP contribution is 2.38. The van der Waals surface area contributed by atoms with Crippen molar-refractivity contribution >= 4 is 51.4 Å². The maximum Gasteiger partial charge on any atom is 0.418 e. The van der Waals surface area contributed by atoms with Gasteiger partial charge in [0.1, 0.15) is 0 Å². The van der Waals surface area contributed by atoms with Gasteiger partial charge in [-0.15, -0.1) is 10.2 Å². The number of para-hydroxylation sites is 1. The van der Waals surface area contributed by atoms with Crippen molar-refractivity contribution in [3.05, 3.63) is 28.8 Å². The maximum atomic E-state index is 13.0. The predicted molar refractivity (Wildman–Crippen MR) is 99.0 cm³/mol. The summed E-state index contributed by atoms with van der Waals surface area (Å²) in [6, 6.07) is 3.34. The molecule has 1 amide bonds. The van der Waals surface area contributed by atoms with Gasteiger partial charge < -0.3 is 10.6 Å². The summed E-state index contributed by atoms with van der Waals surface area (Å²) in [6.07, 6.45) is -4.61. The molecule has 2 N–H and O–H groups in total. The van der Waals surface area contributed by atoms with Crippen molar-refractivity contribution in [3.8, 4) is 0 Å². The molecule has 1 heterocycles. The Kier molecular flexibility index (Phi) is 7.13. The second-order valence-corrected chi connectivity index (χ2v) is 8.25. The lowest BCUT2D eigenvalue weighted by atomic mass is 10.1. The van der Waals surface area contributed by atoms with Crippen LogP contribution >= 0.6 is 34.7 Å². The van der Waals surface area contributed by atoms with Crippen molar-refractivity contribution in [2.45, 2.75) is 24.4 Å². The van der Waals surface area contributed by atoms with Crippen molar-refractivity contribution in [2.75, 3.05) is 22.9 Å². The fourth-order valence-corrected chi connectivity index (χ4v) is 3.60. The topological polar surface area (TPSA) is 66.9 Å². The quantitative estimate of drug-likeness (QED) is 0.611. The van der Waals surface area contributed by atoms with E-state index in [1.54, 1.807) is 0 Å². The molecule has 0 radical (unpaired) electrons. The number of alkyl halides is 3. The van der Waals surface area contributed by atoms with E-state index >= 15 is 0 Å². The molecule has 26 heavy (non-hydrogen) atoms. The molecule has 0 fully saturated rings. The van der Waals surface area contributed by atoms with E-state index in [1.165, 1.54) is 23.5 Å². The van der Waals surface area contributed by atoms with E-state index in [0.29, 0.717) is 15.4 Å². The van der Waals surface area contributed by atoms with E-state index in [4.69, 9.17) is 11.6 Å². The second-order valence-electron chi connectivity index (χ2n) is 5.64. The van der Waals surface area contributed by atoms with E-state index in [1.807, 2.05) is 0 Å². The lowest BCUT2D eigenvalue weighted by Crippen LogP contribution is -2.18. The molecule has 0 spiro atoms. The summed E-state index contributed by atoms with van der Waals surface area (Å²) in [7, 11) is 0. The molecule has 0 saturated carbocycles. The Hall–Kier alpha value is -1.52. The van der Waals surface area contributed by atoms with Crippen LogP contribution in [0, 0.1) is 5.92 Å².